The minimum atomic E-state index is -1.14. The van der Waals surface area contributed by atoms with Gasteiger partial charge in [0.2, 0.25) is 0 Å². The molecule has 156 valence electrons. The molecule has 8 nitrogen and oxygen atoms in total. The number of carbonyl (C=O) groups excluding carboxylic acids is 3. The molecule has 0 aliphatic rings. The summed E-state index contributed by atoms with van der Waals surface area (Å²) in [6.07, 6.45) is -1.29. The summed E-state index contributed by atoms with van der Waals surface area (Å²) in [7, 11) is 1.42. The van der Waals surface area contributed by atoms with Gasteiger partial charge in [0, 0.05) is 0 Å². The second-order valence-electron chi connectivity index (χ2n) is 6.22. The number of benzene rings is 1. The highest BCUT2D eigenvalue weighted by molar-refractivity contribution is 7.14. The molecule has 0 radical (unpaired) electrons. The van der Waals surface area contributed by atoms with E-state index in [9.17, 15) is 14.4 Å². The number of rotatable bonds is 8. The Bertz CT molecular complexity index is 927. The van der Waals surface area contributed by atoms with Crippen LogP contribution in [0.5, 0.6) is 11.5 Å². The van der Waals surface area contributed by atoms with Gasteiger partial charge in [-0.15, -0.1) is 11.3 Å². The molecule has 2 aromatic rings. The highest BCUT2D eigenvalue weighted by atomic mass is 35.5. The van der Waals surface area contributed by atoms with Gasteiger partial charge in [0.1, 0.15) is 5.00 Å². The normalized spacial score (nSPS) is 11.7. The average molecular weight is 441 g/mol. The third-order valence-electron chi connectivity index (χ3n) is 3.64. The highest BCUT2D eigenvalue weighted by Gasteiger charge is 2.23. The van der Waals surface area contributed by atoms with Crippen LogP contribution in [0.1, 0.15) is 41.5 Å². The van der Waals surface area contributed by atoms with E-state index in [0.29, 0.717) is 5.75 Å². The van der Waals surface area contributed by atoms with Gasteiger partial charge in [0.05, 0.1) is 29.4 Å². The SMILES string of the molecule is COc1cc(C(=O)OC(C)C(=O)Nc2sccc2C(N)=O)cc(Cl)c1OC(C)C. The molecular formula is C19H21ClN2O6S. The smallest absolute Gasteiger partial charge is 0.339 e. The Hall–Kier alpha value is -2.78. The number of anilines is 1. The van der Waals surface area contributed by atoms with Crippen LogP contribution in [0.15, 0.2) is 23.6 Å². The molecule has 0 spiro atoms. The number of hydrogen-bond donors (Lipinski definition) is 2. The van der Waals surface area contributed by atoms with E-state index >= 15 is 0 Å². The number of thiophene rings is 1. The third kappa shape index (κ3) is 5.61. The Balaban J connectivity index is 2.12. The molecule has 29 heavy (non-hydrogen) atoms. The zero-order valence-electron chi connectivity index (χ0n) is 16.3. The molecule has 1 heterocycles. The maximum absolute atomic E-state index is 12.5. The molecule has 1 aromatic carbocycles. The summed E-state index contributed by atoms with van der Waals surface area (Å²) in [5.41, 5.74) is 5.52. The molecule has 0 aliphatic carbocycles. The van der Waals surface area contributed by atoms with Crippen molar-refractivity contribution in [3.63, 3.8) is 0 Å². The molecule has 0 aliphatic heterocycles. The van der Waals surface area contributed by atoms with E-state index in [4.69, 9.17) is 31.5 Å². The predicted octanol–water partition coefficient (Wildman–Crippen LogP) is 3.48. The predicted molar refractivity (Wildman–Crippen MR) is 110 cm³/mol. The molecule has 1 unspecified atom stereocenters. The van der Waals surface area contributed by atoms with Crippen LogP contribution in [0.25, 0.3) is 0 Å². The molecule has 0 saturated carbocycles. The fourth-order valence-corrected chi connectivity index (χ4v) is 3.33. The number of esters is 1. The zero-order valence-corrected chi connectivity index (χ0v) is 17.8. The van der Waals surface area contributed by atoms with Gasteiger partial charge >= 0.3 is 5.97 Å². The third-order valence-corrected chi connectivity index (χ3v) is 4.75. The van der Waals surface area contributed by atoms with Crippen LogP contribution in [0.3, 0.4) is 0 Å². The molecule has 1 atom stereocenters. The number of amides is 2. The van der Waals surface area contributed by atoms with Gasteiger partial charge in [-0.1, -0.05) is 11.6 Å². The van der Waals surface area contributed by atoms with Crippen LogP contribution < -0.4 is 20.5 Å². The van der Waals surface area contributed by atoms with E-state index in [1.165, 1.54) is 32.2 Å². The number of nitrogens with two attached hydrogens (primary N) is 1. The summed E-state index contributed by atoms with van der Waals surface area (Å²) >= 11 is 7.34. The number of ether oxygens (including phenoxy) is 3. The second kappa shape index (κ2) is 9.62. The molecule has 3 N–H and O–H groups in total. The molecule has 0 saturated heterocycles. The number of carbonyl (C=O) groups is 3. The van der Waals surface area contributed by atoms with Gasteiger partial charge < -0.3 is 25.3 Å². The van der Waals surface area contributed by atoms with Gasteiger partial charge in [-0.2, -0.15) is 0 Å². The van der Waals surface area contributed by atoms with Crippen LogP contribution in [0, 0.1) is 0 Å². The van der Waals surface area contributed by atoms with Crippen molar-refractivity contribution in [1.82, 2.24) is 0 Å². The summed E-state index contributed by atoms with van der Waals surface area (Å²) in [6.45, 7) is 5.06. The first-order chi connectivity index (χ1) is 13.6. The Labute approximate surface area is 176 Å². The van der Waals surface area contributed by atoms with E-state index < -0.39 is 23.9 Å². The van der Waals surface area contributed by atoms with Crippen LogP contribution in [0.2, 0.25) is 5.02 Å². The molecule has 0 bridgehead atoms. The van der Waals surface area contributed by atoms with Crippen molar-refractivity contribution in [3.8, 4) is 11.5 Å². The van der Waals surface area contributed by atoms with Gasteiger partial charge in [0.25, 0.3) is 11.8 Å². The van der Waals surface area contributed by atoms with Crippen LogP contribution in [-0.2, 0) is 9.53 Å². The van der Waals surface area contributed by atoms with Crippen molar-refractivity contribution in [2.75, 3.05) is 12.4 Å². The molecule has 2 amide bonds. The van der Waals surface area contributed by atoms with Crippen molar-refractivity contribution in [3.05, 3.63) is 39.7 Å². The topological polar surface area (TPSA) is 117 Å². The summed E-state index contributed by atoms with van der Waals surface area (Å²) in [5.74, 6) is -1.48. The fourth-order valence-electron chi connectivity index (χ4n) is 2.28. The largest absolute Gasteiger partial charge is 0.493 e. The quantitative estimate of drug-likeness (QED) is 0.607. The summed E-state index contributed by atoms with van der Waals surface area (Å²) in [4.78, 5) is 36.1. The highest BCUT2D eigenvalue weighted by Crippen LogP contribution is 2.37. The monoisotopic (exact) mass is 440 g/mol. The number of hydrogen-bond acceptors (Lipinski definition) is 7. The van der Waals surface area contributed by atoms with E-state index in [2.05, 4.69) is 5.32 Å². The van der Waals surface area contributed by atoms with Crippen LogP contribution >= 0.6 is 22.9 Å². The molecule has 0 fully saturated rings. The second-order valence-corrected chi connectivity index (χ2v) is 7.54. The van der Waals surface area contributed by atoms with Crippen LogP contribution in [0.4, 0.5) is 5.00 Å². The van der Waals surface area contributed by atoms with Gasteiger partial charge in [0.15, 0.2) is 17.6 Å². The van der Waals surface area contributed by atoms with E-state index in [1.807, 2.05) is 13.8 Å². The van der Waals surface area contributed by atoms with Crippen molar-refractivity contribution < 1.29 is 28.6 Å². The first-order valence-corrected chi connectivity index (χ1v) is 9.83. The number of nitrogens with one attached hydrogen (secondary N) is 1. The first-order valence-electron chi connectivity index (χ1n) is 8.57. The standard InChI is InChI=1S/C19H21ClN2O6S/c1-9(2)27-15-13(20)7-11(8-14(15)26-4)19(25)28-10(3)17(24)22-18-12(16(21)23)5-6-29-18/h5-10H,1-4H3,(H2,21,23)(H,22,24). The van der Waals surface area contributed by atoms with Crippen molar-refractivity contribution in [1.29, 1.82) is 0 Å². The van der Waals surface area contributed by atoms with Gasteiger partial charge in [-0.3, -0.25) is 9.59 Å². The maximum atomic E-state index is 12.5. The Kier molecular flexibility index (Phi) is 7.46. The molecule has 2 rings (SSSR count). The summed E-state index contributed by atoms with van der Waals surface area (Å²) in [6, 6.07) is 4.29. The molecule has 1 aromatic heterocycles. The number of halogens is 1. The maximum Gasteiger partial charge on any atom is 0.339 e. The lowest BCUT2D eigenvalue weighted by atomic mass is 10.2. The molecule has 10 heteroatoms. The lowest BCUT2D eigenvalue weighted by Gasteiger charge is -2.17. The fraction of sp³-hybridized carbons (Fsp3) is 0.316. The Morgan fingerprint density at radius 1 is 1.21 bits per heavy atom. The zero-order chi connectivity index (χ0) is 21.7. The number of primary amides is 1. The summed E-state index contributed by atoms with van der Waals surface area (Å²) < 4.78 is 16.0. The van der Waals surface area contributed by atoms with Crippen molar-refractivity contribution in [2.24, 2.45) is 5.73 Å². The average Bonchev–Trinajstić information content (AvgIpc) is 3.11. The van der Waals surface area contributed by atoms with Crippen molar-refractivity contribution >= 4 is 45.7 Å². The minimum Gasteiger partial charge on any atom is -0.493 e. The van der Waals surface area contributed by atoms with E-state index in [-0.39, 0.29) is 33.0 Å². The van der Waals surface area contributed by atoms with Crippen molar-refractivity contribution in [2.45, 2.75) is 33.0 Å². The lowest BCUT2D eigenvalue weighted by Crippen LogP contribution is -2.30. The van der Waals surface area contributed by atoms with Gasteiger partial charge in [-0.25, -0.2) is 4.79 Å². The number of methoxy groups -OCH3 is 1. The lowest BCUT2D eigenvalue weighted by molar-refractivity contribution is -0.123. The van der Waals surface area contributed by atoms with E-state index in [0.717, 1.165) is 11.3 Å². The molecular weight excluding hydrogens is 420 g/mol. The Morgan fingerprint density at radius 3 is 2.48 bits per heavy atom. The Morgan fingerprint density at radius 2 is 1.90 bits per heavy atom. The summed E-state index contributed by atoms with van der Waals surface area (Å²) in [5, 5.41) is 4.59. The van der Waals surface area contributed by atoms with Crippen LogP contribution in [-0.4, -0.2) is 37.1 Å². The van der Waals surface area contributed by atoms with Gasteiger partial charge in [-0.05, 0) is 44.4 Å². The van der Waals surface area contributed by atoms with E-state index in [1.54, 1.807) is 5.38 Å². The minimum absolute atomic E-state index is 0.0940. The first kappa shape index (κ1) is 22.5.